The van der Waals surface area contributed by atoms with Gasteiger partial charge in [-0.05, 0) is 32.1 Å². The van der Waals surface area contributed by atoms with Crippen LogP contribution in [0.2, 0.25) is 0 Å². The maximum atomic E-state index is 5.40. The molecule has 1 unspecified atom stereocenters. The van der Waals surface area contributed by atoms with Crippen LogP contribution in [-0.2, 0) is 4.74 Å². The van der Waals surface area contributed by atoms with Crippen molar-refractivity contribution in [1.29, 1.82) is 0 Å². The fraction of sp³-hybridized carbons (Fsp3) is 0.941. The van der Waals surface area contributed by atoms with Crippen LogP contribution in [0.4, 0.5) is 0 Å². The van der Waals surface area contributed by atoms with Crippen LogP contribution in [0.3, 0.4) is 0 Å². The summed E-state index contributed by atoms with van der Waals surface area (Å²) < 4.78 is 5.40. The minimum absolute atomic E-state index is 0.405. The fourth-order valence-electron chi connectivity index (χ4n) is 2.52. The van der Waals surface area contributed by atoms with Gasteiger partial charge in [0, 0.05) is 32.2 Å². The maximum absolute atomic E-state index is 5.40. The molecule has 0 aromatic rings. The van der Waals surface area contributed by atoms with Crippen LogP contribution in [0, 0.1) is 5.41 Å². The standard InChI is InChI=1S/C17H36N4O/c1-6-18-16(19-9-7-8-17(3,4)5)20-14-15(2)21-10-12-22-13-11-21/h15H,6-14H2,1-5H3,(H2,18,19,20). The van der Waals surface area contributed by atoms with Crippen LogP contribution in [0.5, 0.6) is 0 Å². The van der Waals surface area contributed by atoms with Crippen molar-refractivity contribution in [3.05, 3.63) is 0 Å². The Kier molecular flexibility index (Phi) is 8.79. The lowest BCUT2D eigenvalue weighted by atomic mass is 9.91. The van der Waals surface area contributed by atoms with E-state index in [-0.39, 0.29) is 0 Å². The normalized spacial score (nSPS) is 19.0. The Labute approximate surface area is 136 Å². The molecule has 0 bridgehead atoms. The van der Waals surface area contributed by atoms with Crippen molar-refractivity contribution in [2.75, 3.05) is 45.9 Å². The average Bonchev–Trinajstić information content (AvgIpc) is 2.48. The predicted octanol–water partition coefficient (Wildman–Crippen LogP) is 2.09. The van der Waals surface area contributed by atoms with Crippen molar-refractivity contribution in [3.8, 4) is 0 Å². The summed E-state index contributed by atoms with van der Waals surface area (Å²) in [6.45, 7) is 17.7. The second-order valence-electron chi connectivity index (χ2n) is 7.31. The SMILES string of the molecule is CCNC(=NCC(C)N1CCOCC1)NCCCC(C)(C)C. The molecule has 1 fully saturated rings. The lowest BCUT2D eigenvalue weighted by molar-refractivity contribution is 0.0220. The highest BCUT2D eigenvalue weighted by atomic mass is 16.5. The van der Waals surface area contributed by atoms with Crippen molar-refractivity contribution in [3.63, 3.8) is 0 Å². The van der Waals surface area contributed by atoms with Gasteiger partial charge in [0.25, 0.3) is 0 Å². The first-order valence-electron chi connectivity index (χ1n) is 8.76. The Morgan fingerprint density at radius 3 is 2.50 bits per heavy atom. The Bertz CT molecular complexity index is 319. The topological polar surface area (TPSA) is 48.9 Å². The molecular formula is C17H36N4O. The average molecular weight is 313 g/mol. The molecule has 1 aliphatic heterocycles. The van der Waals surface area contributed by atoms with E-state index in [4.69, 9.17) is 9.73 Å². The first kappa shape index (κ1) is 19.2. The molecule has 0 spiro atoms. The maximum Gasteiger partial charge on any atom is 0.191 e. The molecule has 130 valence electrons. The second-order valence-corrected chi connectivity index (χ2v) is 7.31. The Morgan fingerprint density at radius 2 is 1.91 bits per heavy atom. The molecule has 1 atom stereocenters. The monoisotopic (exact) mass is 312 g/mol. The third kappa shape index (κ3) is 8.59. The van der Waals surface area contributed by atoms with Gasteiger partial charge in [0.1, 0.15) is 0 Å². The summed E-state index contributed by atoms with van der Waals surface area (Å²) in [6.07, 6.45) is 2.40. The molecule has 5 heteroatoms. The minimum Gasteiger partial charge on any atom is -0.379 e. The van der Waals surface area contributed by atoms with Gasteiger partial charge in [0.2, 0.25) is 0 Å². The van der Waals surface area contributed by atoms with Crippen LogP contribution in [0.25, 0.3) is 0 Å². The van der Waals surface area contributed by atoms with E-state index in [1.165, 1.54) is 12.8 Å². The van der Waals surface area contributed by atoms with Crippen molar-refractivity contribution in [2.24, 2.45) is 10.4 Å². The number of hydrogen-bond acceptors (Lipinski definition) is 3. The van der Waals surface area contributed by atoms with Crippen molar-refractivity contribution < 1.29 is 4.74 Å². The summed E-state index contributed by atoms with van der Waals surface area (Å²) in [7, 11) is 0. The third-order valence-electron chi connectivity index (χ3n) is 3.92. The van der Waals surface area contributed by atoms with Gasteiger partial charge in [0.05, 0.1) is 19.8 Å². The largest absolute Gasteiger partial charge is 0.379 e. The molecule has 0 aromatic carbocycles. The highest BCUT2D eigenvalue weighted by Crippen LogP contribution is 2.19. The van der Waals surface area contributed by atoms with Gasteiger partial charge in [-0.15, -0.1) is 0 Å². The molecule has 0 aromatic heterocycles. The summed E-state index contributed by atoms with van der Waals surface area (Å²) in [5, 5.41) is 6.78. The third-order valence-corrected chi connectivity index (χ3v) is 3.92. The minimum atomic E-state index is 0.405. The van der Waals surface area contributed by atoms with Gasteiger partial charge >= 0.3 is 0 Å². The number of ether oxygens (including phenoxy) is 1. The number of aliphatic imine (C=N–C) groups is 1. The highest BCUT2D eigenvalue weighted by Gasteiger charge is 2.16. The van der Waals surface area contributed by atoms with Gasteiger partial charge in [0.15, 0.2) is 5.96 Å². The zero-order valence-corrected chi connectivity index (χ0v) is 15.2. The summed E-state index contributed by atoms with van der Waals surface area (Å²) in [4.78, 5) is 7.19. The number of guanidine groups is 1. The van der Waals surface area contributed by atoms with Crippen LogP contribution < -0.4 is 10.6 Å². The quantitative estimate of drug-likeness (QED) is 0.429. The smallest absolute Gasteiger partial charge is 0.191 e. The first-order chi connectivity index (χ1) is 10.4. The molecule has 1 aliphatic rings. The van der Waals surface area contributed by atoms with Gasteiger partial charge < -0.3 is 15.4 Å². The molecule has 2 N–H and O–H groups in total. The molecule has 0 amide bonds. The number of nitrogens with zero attached hydrogens (tertiary/aromatic N) is 2. The lowest BCUT2D eigenvalue weighted by Crippen LogP contribution is -2.44. The van der Waals surface area contributed by atoms with Gasteiger partial charge in [-0.2, -0.15) is 0 Å². The molecule has 1 rings (SSSR count). The van der Waals surface area contributed by atoms with E-state index < -0.39 is 0 Å². The zero-order valence-electron chi connectivity index (χ0n) is 15.2. The first-order valence-corrected chi connectivity index (χ1v) is 8.76. The van der Waals surface area contributed by atoms with Gasteiger partial charge in [-0.3, -0.25) is 9.89 Å². The van der Waals surface area contributed by atoms with Crippen LogP contribution in [-0.4, -0.2) is 62.8 Å². The van der Waals surface area contributed by atoms with Crippen molar-refractivity contribution >= 4 is 5.96 Å². The fourth-order valence-corrected chi connectivity index (χ4v) is 2.52. The van der Waals surface area contributed by atoms with E-state index in [2.05, 4.69) is 50.2 Å². The van der Waals surface area contributed by atoms with Crippen LogP contribution in [0.1, 0.15) is 47.5 Å². The van der Waals surface area contributed by atoms with Crippen molar-refractivity contribution in [1.82, 2.24) is 15.5 Å². The Hall–Kier alpha value is -0.810. The number of nitrogens with one attached hydrogen (secondary N) is 2. The summed E-state index contributed by atoms with van der Waals surface area (Å²) >= 11 is 0. The zero-order chi connectivity index (χ0) is 16.4. The van der Waals surface area contributed by atoms with Gasteiger partial charge in [-0.1, -0.05) is 20.8 Å². The molecule has 0 radical (unpaired) electrons. The molecule has 5 nitrogen and oxygen atoms in total. The van der Waals surface area contributed by atoms with Gasteiger partial charge in [-0.25, -0.2) is 0 Å². The van der Waals surface area contributed by atoms with E-state index >= 15 is 0 Å². The number of rotatable bonds is 7. The highest BCUT2D eigenvalue weighted by molar-refractivity contribution is 5.79. The predicted molar refractivity (Wildman–Crippen MR) is 94.5 cm³/mol. The second kappa shape index (κ2) is 10.1. The summed E-state index contributed by atoms with van der Waals surface area (Å²) in [6, 6.07) is 0.467. The number of hydrogen-bond donors (Lipinski definition) is 2. The Balaban J connectivity index is 2.33. The molecular weight excluding hydrogens is 276 g/mol. The lowest BCUT2D eigenvalue weighted by Gasteiger charge is -2.31. The van der Waals surface area contributed by atoms with E-state index in [0.29, 0.717) is 11.5 Å². The summed E-state index contributed by atoms with van der Waals surface area (Å²) in [5.41, 5.74) is 0.405. The molecule has 1 saturated heterocycles. The van der Waals surface area contributed by atoms with E-state index in [0.717, 1.165) is 51.9 Å². The van der Waals surface area contributed by atoms with Crippen molar-refractivity contribution in [2.45, 2.75) is 53.5 Å². The number of morpholine rings is 1. The molecule has 22 heavy (non-hydrogen) atoms. The van der Waals surface area contributed by atoms with Crippen LogP contribution in [0.15, 0.2) is 4.99 Å². The summed E-state index contributed by atoms with van der Waals surface area (Å²) in [5.74, 6) is 0.941. The molecule has 0 aliphatic carbocycles. The van der Waals surface area contributed by atoms with Crippen LogP contribution >= 0.6 is 0 Å². The van der Waals surface area contributed by atoms with E-state index in [1.807, 2.05) is 0 Å². The van der Waals surface area contributed by atoms with E-state index in [9.17, 15) is 0 Å². The van der Waals surface area contributed by atoms with E-state index in [1.54, 1.807) is 0 Å². The Morgan fingerprint density at radius 1 is 1.23 bits per heavy atom. The molecule has 0 saturated carbocycles. The molecule has 1 heterocycles.